The van der Waals surface area contributed by atoms with Gasteiger partial charge in [-0.1, -0.05) is 6.07 Å². The lowest BCUT2D eigenvalue weighted by molar-refractivity contribution is 0.0486. The zero-order valence-corrected chi connectivity index (χ0v) is 14.2. The first-order valence-electron chi connectivity index (χ1n) is 8.19. The molecule has 2 heterocycles. The summed E-state index contributed by atoms with van der Waals surface area (Å²) in [6.07, 6.45) is 3.80. The molecule has 1 aliphatic carbocycles. The van der Waals surface area contributed by atoms with E-state index in [9.17, 15) is 9.59 Å². The third-order valence-electron chi connectivity index (χ3n) is 3.98. The van der Waals surface area contributed by atoms with Crippen LogP contribution in [0.5, 0.6) is 0 Å². The molecule has 1 N–H and O–H groups in total. The second-order valence-electron chi connectivity index (χ2n) is 5.64. The molecule has 1 aliphatic rings. The Kier molecular flexibility index (Phi) is 4.92. The summed E-state index contributed by atoms with van der Waals surface area (Å²) < 4.78 is 10.7. The molecule has 0 fully saturated rings. The van der Waals surface area contributed by atoms with Gasteiger partial charge >= 0.3 is 5.97 Å². The minimum atomic E-state index is -0.480. The maximum atomic E-state index is 12.1. The summed E-state index contributed by atoms with van der Waals surface area (Å²) >= 11 is 0. The quantitative estimate of drug-likeness (QED) is 0.681. The number of carbonyl (C=O) groups excluding carboxylic acids is 2. The maximum absolute atomic E-state index is 12.1. The Morgan fingerprint density at radius 2 is 2.20 bits per heavy atom. The van der Waals surface area contributed by atoms with E-state index < -0.39 is 5.97 Å². The predicted octanol–water partition coefficient (Wildman–Crippen LogP) is 2.63. The number of hydrogen-bond donors (Lipinski definition) is 1. The van der Waals surface area contributed by atoms with Crippen LogP contribution in [0.1, 0.15) is 57.7 Å². The highest BCUT2D eigenvalue weighted by Gasteiger charge is 2.28. The molecule has 0 unspecified atom stereocenters. The predicted molar refractivity (Wildman–Crippen MR) is 90.6 cm³/mol. The number of pyridine rings is 1. The van der Waals surface area contributed by atoms with Crippen molar-refractivity contribution in [1.29, 1.82) is 0 Å². The number of rotatable bonds is 4. The van der Waals surface area contributed by atoms with Crippen molar-refractivity contribution in [3.8, 4) is 0 Å². The van der Waals surface area contributed by atoms with E-state index in [4.69, 9.17) is 9.15 Å². The van der Waals surface area contributed by atoms with Crippen LogP contribution in [0, 0.1) is 6.92 Å². The van der Waals surface area contributed by atoms with Crippen LogP contribution in [-0.2, 0) is 11.2 Å². The van der Waals surface area contributed by atoms with Gasteiger partial charge in [0.2, 0.25) is 5.76 Å². The number of esters is 1. The van der Waals surface area contributed by atoms with Crippen molar-refractivity contribution in [3.63, 3.8) is 0 Å². The molecular weight excluding hydrogens is 322 g/mol. The molecule has 130 valence electrons. The van der Waals surface area contributed by atoms with E-state index in [0.717, 1.165) is 18.4 Å². The van der Waals surface area contributed by atoms with E-state index in [2.05, 4.69) is 15.5 Å². The van der Waals surface area contributed by atoms with Gasteiger partial charge in [0.25, 0.3) is 5.91 Å². The zero-order valence-electron chi connectivity index (χ0n) is 14.2. The number of fused-ring (bicyclic) bond motifs is 1. The van der Waals surface area contributed by atoms with Crippen molar-refractivity contribution in [2.24, 2.45) is 5.10 Å². The Hall–Kier alpha value is -2.96. The normalized spacial score (nSPS) is 14.9. The van der Waals surface area contributed by atoms with Crippen LogP contribution in [0.3, 0.4) is 0 Å². The average molecular weight is 341 g/mol. The van der Waals surface area contributed by atoms with Gasteiger partial charge in [0.05, 0.1) is 12.3 Å². The summed E-state index contributed by atoms with van der Waals surface area (Å²) in [5, 5.41) is 4.25. The second kappa shape index (κ2) is 7.29. The molecule has 0 aliphatic heterocycles. The van der Waals surface area contributed by atoms with Gasteiger partial charge in [-0.2, -0.15) is 5.10 Å². The van der Waals surface area contributed by atoms with Crippen molar-refractivity contribution in [3.05, 3.63) is 52.7 Å². The largest absolute Gasteiger partial charge is 0.460 e. The Balaban J connectivity index is 1.86. The van der Waals surface area contributed by atoms with Gasteiger partial charge in [-0.15, -0.1) is 0 Å². The Morgan fingerprint density at radius 3 is 2.92 bits per heavy atom. The van der Waals surface area contributed by atoms with Crippen LogP contribution in [-0.4, -0.2) is 29.2 Å². The lowest BCUT2D eigenvalue weighted by Crippen LogP contribution is -2.22. The van der Waals surface area contributed by atoms with Crippen LogP contribution in [0.2, 0.25) is 0 Å². The fraction of sp³-hybridized carbons (Fsp3) is 0.333. The standard InChI is InChI=1S/C18H19N3O4/c1-3-24-18(23)16-11(2)15-12(8-6-9-14(15)25-16)20-21-17(22)13-7-4-5-10-19-13/h4-5,7,10H,3,6,8-9H2,1-2H3,(H,21,22)/b20-12+. The molecule has 7 nitrogen and oxygen atoms in total. The molecule has 0 bridgehead atoms. The third kappa shape index (κ3) is 3.45. The van der Waals surface area contributed by atoms with Gasteiger partial charge in [-0.05, 0) is 38.8 Å². The third-order valence-corrected chi connectivity index (χ3v) is 3.98. The van der Waals surface area contributed by atoms with Crippen LogP contribution < -0.4 is 5.43 Å². The molecule has 3 rings (SSSR count). The second-order valence-corrected chi connectivity index (χ2v) is 5.64. The van der Waals surface area contributed by atoms with E-state index in [1.807, 2.05) is 0 Å². The van der Waals surface area contributed by atoms with Crippen molar-refractivity contribution in [2.75, 3.05) is 6.61 Å². The van der Waals surface area contributed by atoms with Crippen molar-refractivity contribution in [2.45, 2.75) is 33.1 Å². The fourth-order valence-electron chi connectivity index (χ4n) is 2.84. The number of nitrogens with one attached hydrogen (secondary N) is 1. The van der Waals surface area contributed by atoms with Gasteiger partial charge in [0.1, 0.15) is 11.5 Å². The lowest BCUT2D eigenvalue weighted by atomic mass is 9.93. The SMILES string of the molecule is CCOC(=O)c1oc2c(c1C)/C(=N/NC(=O)c1ccccn1)CCC2. The van der Waals surface area contributed by atoms with Gasteiger partial charge < -0.3 is 9.15 Å². The molecular formula is C18H19N3O4. The smallest absolute Gasteiger partial charge is 0.374 e. The molecule has 0 spiro atoms. The average Bonchev–Trinajstić information content (AvgIpc) is 2.98. The highest BCUT2D eigenvalue weighted by Crippen LogP contribution is 2.30. The van der Waals surface area contributed by atoms with E-state index in [-0.39, 0.29) is 18.3 Å². The molecule has 0 radical (unpaired) electrons. The summed E-state index contributed by atoms with van der Waals surface area (Å²) in [5.41, 5.74) is 5.00. The van der Waals surface area contributed by atoms with Crippen LogP contribution in [0.15, 0.2) is 33.9 Å². The van der Waals surface area contributed by atoms with E-state index in [1.165, 1.54) is 0 Å². The number of furan rings is 1. The minimum Gasteiger partial charge on any atom is -0.460 e. The molecule has 0 atom stereocenters. The number of hydrogen-bond acceptors (Lipinski definition) is 6. The zero-order chi connectivity index (χ0) is 17.8. The first-order valence-corrected chi connectivity index (χ1v) is 8.19. The number of nitrogens with zero attached hydrogens (tertiary/aromatic N) is 2. The number of amides is 1. The van der Waals surface area contributed by atoms with Gasteiger partial charge in [0.15, 0.2) is 0 Å². The number of aryl methyl sites for hydroxylation is 1. The summed E-state index contributed by atoms with van der Waals surface area (Å²) in [7, 11) is 0. The Morgan fingerprint density at radius 1 is 1.36 bits per heavy atom. The summed E-state index contributed by atoms with van der Waals surface area (Å²) in [4.78, 5) is 28.1. The summed E-state index contributed by atoms with van der Waals surface area (Å²) in [6.45, 7) is 3.83. The molecule has 0 saturated heterocycles. The van der Waals surface area contributed by atoms with Crippen molar-refractivity contribution >= 4 is 17.6 Å². The minimum absolute atomic E-state index is 0.206. The van der Waals surface area contributed by atoms with Gasteiger partial charge in [0, 0.05) is 23.7 Å². The molecule has 25 heavy (non-hydrogen) atoms. The Labute approximate surface area is 145 Å². The van der Waals surface area contributed by atoms with Crippen LogP contribution >= 0.6 is 0 Å². The monoisotopic (exact) mass is 341 g/mol. The summed E-state index contributed by atoms with van der Waals surface area (Å²) in [6, 6.07) is 5.09. The molecule has 7 heteroatoms. The molecule has 2 aromatic rings. The molecule has 0 saturated carbocycles. The topological polar surface area (TPSA) is 93.8 Å². The van der Waals surface area contributed by atoms with E-state index in [0.29, 0.717) is 29.2 Å². The van der Waals surface area contributed by atoms with Crippen LogP contribution in [0.4, 0.5) is 0 Å². The highest BCUT2D eigenvalue weighted by atomic mass is 16.5. The molecule has 1 amide bonds. The van der Waals surface area contributed by atoms with E-state index >= 15 is 0 Å². The summed E-state index contributed by atoms with van der Waals surface area (Å²) in [5.74, 6) is 0.0494. The maximum Gasteiger partial charge on any atom is 0.374 e. The van der Waals surface area contributed by atoms with E-state index in [1.54, 1.807) is 38.2 Å². The number of ether oxygens (including phenoxy) is 1. The Bertz CT molecular complexity index is 824. The van der Waals surface area contributed by atoms with Crippen molar-refractivity contribution in [1.82, 2.24) is 10.4 Å². The fourth-order valence-corrected chi connectivity index (χ4v) is 2.84. The number of hydrazone groups is 1. The first-order chi connectivity index (χ1) is 12.1. The van der Waals surface area contributed by atoms with Gasteiger partial charge in [-0.3, -0.25) is 9.78 Å². The molecule has 0 aromatic carbocycles. The first kappa shape index (κ1) is 16.9. The number of carbonyl (C=O) groups is 2. The lowest BCUT2D eigenvalue weighted by Gasteiger charge is -2.13. The van der Waals surface area contributed by atoms with Crippen molar-refractivity contribution < 1.29 is 18.7 Å². The highest BCUT2D eigenvalue weighted by molar-refractivity contribution is 6.06. The number of aromatic nitrogens is 1. The van der Waals surface area contributed by atoms with Gasteiger partial charge in [-0.25, -0.2) is 10.2 Å². The van der Waals surface area contributed by atoms with Crippen LogP contribution in [0.25, 0.3) is 0 Å². The molecule has 2 aromatic heterocycles.